The van der Waals surface area contributed by atoms with Gasteiger partial charge in [0.05, 0.1) is 24.3 Å². The van der Waals surface area contributed by atoms with E-state index in [4.69, 9.17) is 4.74 Å². The zero-order valence-corrected chi connectivity index (χ0v) is 17.7. The van der Waals surface area contributed by atoms with Crippen molar-refractivity contribution in [2.24, 2.45) is 0 Å². The van der Waals surface area contributed by atoms with Gasteiger partial charge in [0.15, 0.2) is 0 Å². The molecule has 0 bridgehead atoms. The highest BCUT2D eigenvalue weighted by molar-refractivity contribution is 6.22. The topological polar surface area (TPSA) is 96.0 Å². The molecule has 1 unspecified atom stereocenters. The average Bonchev–Trinajstić information content (AvgIpc) is 2.98. The van der Waals surface area contributed by atoms with Crippen molar-refractivity contribution >= 4 is 35.2 Å². The zero-order valence-electron chi connectivity index (χ0n) is 17.7. The number of nitrogens with one attached hydrogen (secondary N) is 1. The third-order valence-electron chi connectivity index (χ3n) is 4.88. The smallest absolute Gasteiger partial charge is 0.338 e. The van der Waals surface area contributed by atoms with E-state index < -0.39 is 29.9 Å². The molecule has 31 heavy (non-hydrogen) atoms. The van der Waals surface area contributed by atoms with Crippen LogP contribution < -0.4 is 10.2 Å². The summed E-state index contributed by atoms with van der Waals surface area (Å²) < 4.78 is 4.93. The van der Waals surface area contributed by atoms with Gasteiger partial charge in [-0.25, -0.2) is 14.5 Å². The maximum atomic E-state index is 13.0. The SMILES string of the molecule is CCOC(=O)c1ccc(NC(=O)CC2C(=O)N(c3ccccc3)C(=O)N2C(C)C)cc1. The molecule has 162 valence electrons. The molecule has 8 heteroatoms. The Hall–Kier alpha value is -3.68. The third-order valence-corrected chi connectivity index (χ3v) is 4.88. The molecule has 1 heterocycles. The van der Waals surface area contributed by atoms with E-state index in [2.05, 4.69) is 5.32 Å². The Morgan fingerprint density at radius 1 is 1.03 bits per heavy atom. The molecule has 0 aliphatic carbocycles. The molecule has 2 aromatic carbocycles. The fourth-order valence-corrected chi connectivity index (χ4v) is 3.48. The maximum absolute atomic E-state index is 13.0. The molecule has 0 radical (unpaired) electrons. The Bertz CT molecular complexity index is 972. The summed E-state index contributed by atoms with van der Waals surface area (Å²) in [5, 5.41) is 2.72. The summed E-state index contributed by atoms with van der Waals surface area (Å²) in [7, 11) is 0. The van der Waals surface area contributed by atoms with Crippen LogP contribution in [0.1, 0.15) is 37.6 Å². The Balaban J connectivity index is 1.72. The van der Waals surface area contributed by atoms with E-state index in [1.807, 2.05) is 0 Å². The van der Waals surface area contributed by atoms with Crippen molar-refractivity contribution in [2.45, 2.75) is 39.3 Å². The largest absolute Gasteiger partial charge is 0.462 e. The van der Waals surface area contributed by atoms with Crippen LogP contribution in [0.5, 0.6) is 0 Å². The molecule has 1 N–H and O–H groups in total. The van der Waals surface area contributed by atoms with Crippen molar-refractivity contribution in [2.75, 3.05) is 16.8 Å². The number of anilines is 2. The second-order valence-electron chi connectivity index (χ2n) is 7.36. The summed E-state index contributed by atoms with van der Waals surface area (Å²) >= 11 is 0. The molecule has 0 saturated carbocycles. The lowest BCUT2D eigenvalue weighted by Gasteiger charge is -2.25. The van der Waals surface area contributed by atoms with E-state index in [-0.39, 0.29) is 19.1 Å². The number of hydrogen-bond donors (Lipinski definition) is 1. The van der Waals surface area contributed by atoms with Gasteiger partial charge < -0.3 is 15.0 Å². The van der Waals surface area contributed by atoms with Crippen molar-refractivity contribution < 1.29 is 23.9 Å². The number of rotatable bonds is 7. The van der Waals surface area contributed by atoms with Crippen molar-refractivity contribution in [3.63, 3.8) is 0 Å². The molecule has 1 aliphatic heterocycles. The van der Waals surface area contributed by atoms with Gasteiger partial charge in [0.2, 0.25) is 5.91 Å². The number of nitrogens with zero attached hydrogens (tertiary/aromatic N) is 2. The molecular formula is C23H25N3O5. The van der Waals surface area contributed by atoms with Gasteiger partial charge >= 0.3 is 12.0 Å². The lowest BCUT2D eigenvalue weighted by molar-refractivity contribution is -0.124. The number of carbonyl (C=O) groups excluding carboxylic acids is 4. The van der Waals surface area contributed by atoms with Gasteiger partial charge in [-0.1, -0.05) is 18.2 Å². The van der Waals surface area contributed by atoms with Crippen LogP contribution in [0, 0.1) is 0 Å². The van der Waals surface area contributed by atoms with Crippen LogP contribution >= 0.6 is 0 Å². The lowest BCUT2D eigenvalue weighted by Crippen LogP contribution is -2.42. The van der Waals surface area contributed by atoms with Gasteiger partial charge in [-0.3, -0.25) is 9.59 Å². The van der Waals surface area contributed by atoms with Gasteiger partial charge in [0, 0.05) is 11.7 Å². The molecule has 4 amide bonds. The fourth-order valence-electron chi connectivity index (χ4n) is 3.48. The third kappa shape index (κ3) is 4.74. The normalized spacial score (nSPS) is 16.1. The fraction of sp³-hybridized carbons (Fsp3) is 0.304. The maximum Gasteiger partial charge on any atom is 0.338 e. The Kier molecular flexibility index (Phi) is 6.69. The zero-order chi connectivity index (χ0) is 22.5. The van der Waals surface area contributed by atoms with Gasteiger partial charge in [0.25, 0.3) is 5.91 Å². The molecule has 3 rings (SSSR count). The second kappa shape index (κ2) is 9.42. The second-order valence-corrected chi connectivity index (χ2v) is 7.36. The molecule has 8 nitrogen and oxygen atoms in total. The van der Waals surface area contributed by atoms with Gasteiger partial charge in [0.1, 0.15) is 6.04 Å². The van der Waals surface area contributed by atoms with E-state index >= 15 is 0 Å². The minimum atomic E-state index is -0.897. The van der Waals surface area contributed by atoms with Crippen molar-refractivity contribution in [1.29, 1.82) is 0 Å². The number of benzene rings is 2. The van der Waals surface area contributed by atoms with Crippen molar-refractivity contribution in [1.82, 2.24) is 4.90 Å². The van der Waals surface area contributed by atoms with Gasteiger partial charge in [-0.15, -0.1) is 0 Å². The molecule has 1 atom stereocenters. The Morgan fingerprint density at radius 3 is 2.26 bits per heavy atom. The highest BCUT2D eigenvalue weighted by Crippen LogP contribution is 2.28. The summed E-state index contributed by atoms with van der Waals surface area (Å²) in [5.41, 5.74) is 1.33. The van der Waals surface area contributed by atoms with Crippen LogP contribution in [0.15, 0.2) is 54.6 Å². The number of carbonyl (C=O) groups is 4. The molecule has 2 aromatic rings. The molecule has 0 aromatic heterocycles. The first kappa shape index (κ1) is 22.0. The van der Waals surface area contributed by atoms with E-state index in [1.54, 1.807) is 75.4 Å². The van der Waals surface area contributed by atoms with Crippen LogP contribution in [0.25, 0.3) is 0 Å². The van der Waals surface area contributed by atoms with Crippen LogP contribution in [-0.4, -0.2) is 47.4 Å². The number of amides is 4. The molecule has 1 saturated heterocycles. The summed E-state index contributed by atoms with van der Waals surface area (Å²) in [6.45, 7) is 5.61. The molecule has 1 fully saturated rings. The summed E-state index contributed by atoms with van der Waals surface area (Å²) in [5.74, 6) is -1.28. The van der Waals surface area contributed by atoms with E-state index in [9.17, 15) is 19.2 Å². The number of hydrogen-bond acceptors (Lipinski definition) is 5. The Labute approximate surface area is 180 Å². The molecular weight excluding hydrogens is 398 g/mol. The highest BCUT2D eigenvalue weighted by Gasteiger charge is 2.47. The standard InChI is InChI=1S/C23H25N3O5/c1-4-31-22(29)16-10-12-17(13-11-16)24-20(27)14-19-21(28)26(18-8-6-5-7-9-18)23(30)25(19)15(2)3/h5-13,15,19H,4,14H2,1-3H3,(H,24,27). The van der Waals surface area contributed by atoms with Crippen molar-refractivity contribution in [3.8, 4) is 0 Å². The van der Waals surface area contributed by atoms with Crippen LogP contribution in [-0.2, 0) is 14.3 Å². The van der Waals surface area contributed by atoms with Crippen LogP contribution in [0.4, 0.5) is 16.2 Å². The van der Waals surface area contributed by atoms with E-state index in [1.165, 1.54) is 4.90 Å². The minimum absolute atomic E-state index is 0.175. The molecule has 0 spiro atoms. The van der Waals surface area contributed by atoms with E-state index in [0.29, 0.717) is 16.9 Å². The predicted molar refractivity (Wildman–Crippen MR) is 116 cm³/mol. The van der Waals surface area contributed by atoms with Crippen LogP contribution in [0.2, 0.25) is 0 Å². The van der Waals surface area contributed by atoms with Crippen molar-refractivity contribution in [3.05, 3.63) is 60.2 Å². The minimum Gasteiger partial charge on any atom is -0.462 e. The number of ether oxygens (including phenoxy) is 1. The number of para-hydroxylation sites is 1. The number of urea groups is 1. The van der Waals surface area contributed by atoms with E-state index in [0.717, 1.165) is 4.90 Å². The summed E-state index contributed by atoms with van der Waals surface area (Å²) in [6.07, 6.45) is -0.175. The highest BCUT2D eigenvalue weighted by atomic mass is 16.5. The van der Waals surface area contributed by atoms with Crippen LogP contribution in [0.3, 0.4) is 0 Å². The Morgan fingerprint density at radius 2 is 1.68 bits per heavy atom. The van der Waals surface area contributed by atoms with Gasteiger partial charge in [-0.05, 0) is 57.2 Å². The monoisotopic (exact) mass is 423 g/mol. The first-order valence-electron chi connectivity index (χ1n) is 10.1. The quantitative estimate of drug-likeness (QED) is 0.544. The first-order chi connectivity index (χ1) is 14.8. The number of imide groups is 1. The first-order valence-corrected chi connectivity index (χ1v) is 10.1. The summed E-state index contributed by atoms with van der Waals surface area (Å²) in [6, 6.07) is 13.3. The lowest BCUT2D eigenvalue weighted by atomic mass is 10.1. The average molecular weight is 423 g/mol. The van der Waals surface area contributed by atoms with Gasteiger partial charge in [-0.2, -0.15) is 0 Å². The predicted octanol–water partition coefficient (Wildman–Crippen LogP) is 3.44. The summed E-state index contributed by atoms with van der Waals surface area (Å²) in [4.78, 5) is 52.9. The molecule has 1 aliphatic rings. The number of esters is 1.